The summed E-state index contributed by atoms with van der Waals surface area (Å²) in [7, 11) is 1.92. The molecule has 4 nitrogen and oxygen atoms in total. The second-order valence-electron chi connectivity index (χ2n) is 4.19. The Morgan fingerprint density at radius 2 is 2.35 bits per heavy atom. The molecule has 0 saturated heterocycles. The van der Waals surface area contributed by atoms with Crippen molar-refractivity contribution in [2.45, 2.75) is 6.04 Å². The highest BCUT2D eigenvalue weighted by Gasteiger charge is 2.21. The molecular weight excluding hydrogens is 236 g/mol. The average molecular weight is 249 g/mol. The van der Waals surface area contributed by atoms with E-state index in [-0.39, 0.29) is 6.04 Å². The number of nitrogens with zero attached hydrogens (tertiary/aromatic N) is 2. The van der Waals surface area contributed by atoms with E-state index < -0.39 is 0 Å². The Kier molecular flexibility index (Phi) is 2.44. The minimum absolute atomic E-state index is 0.205. The van der Waals surface area contributed by atoms with E-state index in [9.17, 15) is 0 Å². The molecule has 0 saturated carbocycles. The van der Waals surface area contributed by atoms with Crippen LogP contribution in [0, 0.1) is 0 Å². The fourth-order valence-corrected chi connectivity index (χ4v) is 2.31. The Hall–Kier alpha value is -1.68. The van der Waals surface area contributed by atoms with E-state index in [1.807, 2.05) is 37.6 Å². The molecular formula is C12H13ClN4. The zero-order valence-electron chi connectivity index (χ0n) is 9.44. The monoisotopic (exact) mass is 248 g/mol. The first kappa shape index (κ1) is 10.5. The lowest BCUT2D eigenvalue weighted by atomic mass is 10.1. The van der Waals surface area contributed by atoms with Crippen LogP contribution in [0.1, 0.15) is 11.6 Å². The number of para-hydroxylation sites is 1. The van der Waals surface area contributed by atoms with E-state index in [1.165, 1.54) is 0 Å². The van der Waals surface area contributed by atoms with E-state index in [2.05, 4.69) is 15.7 Å². The van der Waals surface area contributed by atoms with Crippen molar-refractivity contribution in [3.8, 4) is 0 Å². The van der Waals surface area contributed by atoms with Crippen LogP contribution in [0.25, 0.3) is 0 Å². The van der Waals surface area contributed by atoms with Crippen molar-refractivity contribution >= 4 is 23.0 Å². The fraction of sp³-hybridized carbons (Fsp3) is 0.250. The maximum Gasteiger partial charge on any atom is 0.0770 e. The van der Waals surface area contributed by atoms with E-state index >= 15 is 0 Å². The van der Waals surface area contributed by atoms with Gasteiger partial charge in [0.2, 0.25) is 0 Å². The number of rotatable bonds is 1. The predicted molar refractivity (Wildman–Crippen MR) is 69.5 cm³/mol. The van der Waals surface area contributed by atoms with Crippen molar-refractivity contribution in [1.82, 2.24) is 9.78 Å². The van der Waals surface area contributed by atoms with Crippen molar-refractivity contribution < 1.29 is 0 Å². The van der Waals surface area contributed by atoms with Gasteiger partial charge in [0.05, 0.1) is 28.6 Å². The van der Waals surface area contributed by atoms with Crippen LogP contribution in [0.4, 0.5) is 11.4 Å². The molecule has 2 N–H and O–H groups in total. The number of hydrogen-bond donors (Lipinski definition) is 2. The zero-order chi connectivity index (χ0) is 11.8. The van der Waals surface area contributed by atoms with Crippen molar-refractivity contribution in [2.24, 2.45) is 7.05 Å². The number of aromatic nitrogens is 2. The SMILES string of the molecule is Cn1cc(C2CNc3cccc(Cl)c3N2)cn1. The Labute approximate surface area is 105 Å². The highest BCUT2D eigenvalue weighted by Crippen LogP contribution is 2.36. The normalized spacial score (nSPS) is 18.1. The van der Waals surface area contributed by atoms with Crippen molar-refractivity contribution in [3.63, 3.8) is 0 Å². The first-order valence-electron chi connectivity index (χ1n) is 5.51. The molecule has 2 heterocycles. The van der Waals surface area contributed by atoms with Gasteiger partial charge in [0, 0.05) is 25.4 Å². The number of benzene rings is 1. The van der Waals surface area contributed by atoms with Crippen LogP contribution in [0.3, 0.4) is 0 Å². The molecule has 0 spiro atoms. The molecule has 1 aromatic carbocycles. The summed E-state index contributed by atoms with van der Waals surface area (Å²) in [5.74, 6) is 0. The fourth-order valence-electron chi connectivity index (χ4n) is 2.08. The molecule has 5 heteroatoms. The third kappa shape index (κ3) is 1.85. The molecule has 3 rings (SSSR count). The molecule has 2 aromatic rings. The average Bonchev–Trinajstić information content (AvgIpc) is 2.76. The van der Waals surface area contributed by atoms with E-state index in [0.29, 0.717) is 0 Å². The minimum Gasteiger partial charge on any atom is -0.381 e. The molecule has 1 aliphatic rings. The largest absolute Gasteiger partial charge is 0.381 e. The Bertz CT molecular complexity index is 549. The summed E-state index contributed by atoms with van der Waals surface area (Å²) in [5.41, 5.74) is 3.18. The van der Waals surface area contributed by atoms with Crippen molar-refractivity contribution in [3.05, 3.63) is 41.2 Å². The van der Waals surface area contributed by atoms with Gasteiger partial charge in [0.25, 0.3) is 0 Å². The quantitative estimate of drug-likeness (QED) is 0.815. The van der Waals surface area contributed by atoms with Crippen molar-refractivity contribution in [2.75, 3.05) is 17.2 Å². The van der Waals surface area contributed by atoms with Crippen molar-refractivity contribution in [1.29, 1.82) is 0 Å². The van der Waals surface area contributed by atoms with E-state index in [1.54, 1.807) is 4.68 Å². The van der Waals surface area contributed by atoms with Gasteiger partial charge in [-0.3, -0.25) is 4.68 Å². The molecule has 88 valence electrons. The maximum absolute atomic E-state index is 6.18. The van der Waals surface area contributed by atoms with Gasteiger partial charge in [-0.1, -0.05) is 17.7 Å². The van der Waals surface area contributed by atoms with Gasteiger partial charge in [-0.25, -0.2) is 0 Å². The second kappa shape index (κ2) is 3.96. The smallest absolute Gasteiger partial charge is 0.0770 e. The number of nitrogens with one attached hydrogen (secondary N) is 2. The summed E-state index contributed by atoms with van der Waals surface area (Å²) in [6.45, 7) is 0.832. The number of hydrogen-bond acceptors (Lipinski definition) is 3. The Balaban J connectivity index is 1.92. The van der Waals surface area contributed by atoms with Gasteiger partial charge < -0.3 is 10.6 Å². The lowest BCUT2D eigenvalue weighted by Gasteiger charge is -2.28. The van der Waals surface area contributed by atoms with Gasteiger partial charge in [0.15, 0.2) is 0 Å². The Morgan fingerprint density at radius 3 is 3.12 bits per heavy atom. The molecule has 1 aromatic heterocycles. The van der Waals surface area contributed by atoms with Crippen LogP contribution in [0.5, 0.6) is 0 Å². The van der Waals surface area contributed by atoms with Crippen LogP contribution in [0.2, 0.25) is 5.02 Å². The van der Waals surface area contributed by atoms with Crippen LogP contribution in [-0.2, 0) is 7.05 Å². The number of anilines is 2. The summed E-state index contributed by atoms with van der Waals surface area (Å²) in [4.78, 5) is 0. The summed E-state index contributed by atoms with van der Waals surface area (Å²) < 4.78 is 1.80. The summed E-state index contributed by atoms with van der Waals surface area (Å²) in [6, 6.07) is 6.06. The van der Waals surface area contributed by atoms with E-state index in [0.717, 1.165) is 28.5 Å². The highest BCUT2D eigenvalue weighted by atomic mass is 35.5. The number of aryl methyl sites for hydroxylation is 1. The second-order valence-corrected chi connectivity index (χ2v) is 4.59. The minimum atomic E-state index is 0.205. The lowest BCUT2D eigenvalue weighted by Crippen LogP contribution is -2.25. The maximum atomic E-state index is 6.18. The van der Waals surface area contributed by atoms with Crippen LogP contribution in [0.15, 0.2) is 30.6 Å². The first-order valence-corrected chi connectivity index (χ1v) is 5.89. The number of halogens is 1. The topological polar surface area (TPSA) is 41.9 Å². The molecule has 0 aliphatic carbocycles. The first-order chi connectivity index (χ1) is 8.24. The third-order valence-corrected chi connectivity index (χ3v) is 3.27. The highest BCUT2D eigenvalue weighted by molar-refractivity contribution is 6.34. The molecule has 0 amide bonds. The van der Waals surface area contributed by atoms with Gasteiger partial charge in [-0.05, 0) is 12.1 Å². The molecule has 1 aliphatic heterocycles. The summed E-state index contributed by atoms with van der Waals surface area (Å²) in [5, 5.41) is 11.7. The van der Waals surface area contributed by atoms with Gasteiger partial charge in [-0.2, -0.15) is 5.10 Å². The molecule has 1 unspecified atom stereocenters. The molecule has 0 fully saturated rings. The molecule has 0 bridgehead atoms. The van der Waals surface area contributed by atoms with Gasteiger partial charge in [-0.15, -0.1) is 0 Å². The number of fused-ring (bicyclic) bond motifs is 1. The van der Waals surface area contributed by atoms with E-state index in [4.69, 9.17) is 11.6 Å². The lowest BCUT2D eigenvalue weighted by molar-refractivity contribution is 0.761. The van der Waals surface area contributed by atoms with Crippen LogP contribution >= 0.6 is 11.6 Å². The summed E-state index contributed by atoms with van der Waals surface area (Å²) in [6.07, 6.45) is 3.89. The molecule has 17 heavy (non-hydrogen) atoms. The van der Waals surface area contributed by atoms with Gasteiger partial charge >= 0.3 is 0 Å². The Morgan fingerprint density at radius 1 is 1.47 bits per heavy atom. The third-order valence-electron chi connectivity index (χ3n) is 2.96. The van der Waals surface area contributed by atoms with Gasteiger partial charge in [0.1, 0.15) is 0 Å². The summed E-state index contributed by atoms with van der Waals surface area (Å²) >= 11 is 6.18. The predicted octanol–water partition coefficient (Wildman–Crippen LogP) is 2.65. The molecule has 1 atom stereocenters. The van der Waals surface area contributed by atoms with Crippen LogP contribution in [-0.4, -0.2) is 16.3 Å². The standard InChI is InChI=1S/C12H13ClN4/c1-17-7-8(5-15-17)11-6-14-10-4-2-3-9(13)12(10)16-11/h2-5,7,11,14,16H,6H2,1H3. The zero-order valence-corrected chi connectivity index (χ0v) is 10.2. The molecule has 0 radical (unpaired) electrons. The van der Waals surface area contributed by atoms with Crippen LogP contribution < -0.4 is 10.6 Å².